The highest BCUT2D eigenvalue weighted by molar-refractivity contribution is 6.03. The second-order valence-electron chi connectivity index (χ2n) is 1.92. The van der Waals surface area contributed by atoms with Crippen LogP contribution in [0.2, 0.25) is 0 Å². The van der Waals surface area contributed by atoms with Crippen molar-refractivity contribution in [3.8, 4) is 0 Å². The number of rotatable bonds is 1. The quantitative estimate of drug-likeness (QED) is 0.512. The molecule has 1 heterocycles. The van der Waals surface area contributed by atoms with E-state index in [2.05, 4.69) is 5.32 Å². The molecule has 0 saturated carbocycles. The van der Waals surface area contributed by atoms with Gasteiger partial charge in [0.1, 0.15) is 5.84 Å². The molecule has 50 valence electrons. The highest BCUT2D eigenvalue weighted by Crippen LogP contribution is 1.95. The van der Waals surface area contributed by atoms with E-state index >= 15 is 0 Å². The molecule has 0 aromatic heterocycles. The molecular formula is C5H9N3O. The van der Waals surface area contributed by atoms with Crippen LogP contribution in [0.1, 0.15) is 6.92 Å². The molecule has 2 amide bonds. The Hall–Kier alpha value is -1.06. The molecule has 1 fully saturated rings. The lowest BCUT2D eigenvalue weighted by Gasteiger charge is -2.07. The smallest absolute Gasteiger partial charge is 0.317 e. The van der Waals surface area contributed by atoms with E-state index < -0.39 is 0 Å². The van der Waals surface area contributed by atoms with Crippen molar-refractivity contribution in [3.05, 3.63) is 0 Å². The third-order valence-electron chi connectivity index (χ3n) is 1.28. The first-order chi connectivity index (χ1) is 4.24. The van der Waals surface area contributed by atoms with Crippen LogP contribution < -0.4 is 5.32 Å². The monoisotopic (exact) mass is 127 g/mol. The molecule has 0 bridgehead atoms. The van der Waals surface area contributed by atoms with Crippen LogP contribution >= 0.6 is 0 Å². The maximum absolute atomic E-state index is 10.7. The van der Waals surface area contributed by atoms with Crippen LogP contribution in [-0.2, 0) is 0 Å². The van der Waals surface area contributed by atoms with Crippen molar-refractivity contribution in [1.29, 1.82) is 5.41 Å². The van der Waals surface area contributed by atoms with Crippen LogP contribution in [0.4, 0.5) is 4.79 Å². The van der Waals surface area contributed by atoms with Gasteiger partial charge in [0.25, 0.3) is 0 Å². The zero-order valence-electron chi connectivity index (χ0n) is 5.27. The van der Waals surface area contributed by atoms with Crippen molar-refractivity contribution in [1.82, 2.24) is 10.2 Å². The predicted molar refractivity (Wildman–Crippen MR) is 33.5 cm³/mol. The molecule has 2 N–H and O–H groups in total. The Balaban J connectivity index is 2.58. The average Bonchev–Trinajstić information content (AvgIpc) is 2.10. The Bertz CT molecular complexity index is 154. The summed E-state index contributed by atoms with van der Waals surface area (Å²) < 4.78 is 0. The van der Waals surface area contributed by atoms with Gasteiger partial charge in [-0.05, 0) is 6.92 Å². The number of hydrogen-bond acceptors (Lipinski definition) is 2. The molecule has 4 heteroatoms. The zero-order valence-corrected chi connectivity index (χ0v) is 5.27. The second kappa shape index (κ2) is 2.05. The van der Waals surface area contributed by atoms with Gasteiger partial charge in [-0.2, -0.15) is 0 Å². The van der Waals surface area contributed by atoms with Crippen LogP contribution in [0.15, 0.2) is 0 Å². The number of nitrogens with one attached hydrogen (secondary N) is 2. The number of carbonyl (C=O) groups excluding carboxylic acids is 1. The molecule has 0 spiro atoms. The lowest BCUT2D eigenvalue weighted by Crippen LogP contribution is -2.27. The summed E-state index contributed by atoms with van der Waals surface area (Å²) in [5.74, 6) is 0.293. The molecule has 0 atom stereocenters. The minimum absolute atomic E-state index is 0.150. The average molecular weight is 127 g/mol. The summed E-state index contributed by atoms with van der Waals surface area (Å²) in [7, 11) is 0. The summed E-state index contributed by atoms with van der Waals surface area (Å²) in [6.45, 7) is 3.00. The highest BCUT2D eigenvalue weighted by Gasteiger charge is 2.21. The predicted octanol–water partition coefficient (Wildman–Crippen LogP) is 0.00877. The van der Waals surface area contributed by atoms with Gasteiger partial charge in [0.15, 0.2) is 0 Å². The summed E-state index contributed by atoms with van der Waals surface area (Å²) >= 11 is 0. The van der Waals surface area contributed by atoms with Crippen LogP contribution in [0.3, 0.4) is 0 Å². The Kier molecular flexibility index (Phi) is 1.38. The number of carbonyl (C=O) groups is 1. The molecule has 4 nitrogen and oxygen atoms in total. The fraction of sp³-hybridized carbons (Fsp3) is 0.600. The van der Waals surface area contributed by atoms with Gasteiger partial charge < -0.3 is 4.90 Å². The Labute approximate surface area is 53.3 Å². The minimum atomic E-state index is -0.150. The third-order valence-corrected chi connectivity index (χ3v) is 1.28. The maximum Gasteiger partial charge on any atom is 0.323 e. The van der Waals surface area contributed by atoms with Gasteiger partial charge >= 0.3 is 6.03 Å². The lowest BCUT2D eigenvalue weighted by atomic mass is 10.5. The molecule has 1 aliphatic rings. The number of amides is 2. The minimum Gasteiger partial charge on any atom is -0.317 e. The summed E-state index contributed by atoms with van der Waals surface area (Å²) in [6.07, 6.45) is 0. The molecule has 1 saturated heterocycles. The number of urea groups is 1. The van der Waals surface area contributed by atoms with Crippen LogP contribution in [0, 0.1) is 5.41 Å². The van der Waals surface area contributed by atoms with E-state index in [1.54, 1.807) is 4.90 Å². The topological polar surface area (TPSA) is 56.2 Å². The van der Waals surface area contributed by atoms with E-state index in [4.69, 9.17) is 5.41 Å². The van der Waals surface area contributed by atoms with Crippen molar-refractivity contribution in [2.75, 3.05) is 13.1 Å². The summed E-state index contributed by atoms with van der Waals surface area (Å²) in [6, 6.07) is -0.150. The number of hydrogen-bond donors (Lipinski definition) is 2. The van der Waals surface area contributed by atoms with Gasteiger partial charge in [-0.3, -0.25) is 10.7 Å². The maximum atomic E-state index is 10.7. The lowest BCUT2D eigenvalue weighted by molar-refractivity contribution is 0.219. The van der Waals surface area contributed by atoms with E-state index in [9.17, 15) is 4.79 Å². The van der Waals surface area contributed by atoms with Crippen molar-refractivity contribution in [3.63, 3.8) is 0 Å². The first kappa shape index (κ1) is 6.07. The summed E-state index contributed by atoms with van der Waals surface area (Å²) in [5, 5.41) is 9.43. The van der Waals surface area contributed by atoms with E-state index in [0.29, 0.717) is 18.9 Å². The zero-order chi connectivity index (χ0) is 6.85. The van der Waals surface area contributed by atoms with E-state index in [0.717, 1.165) is 0 Å². The molecule has 0 aromatic carbocycles. The van der Waals surface area contributed by atoms with E-state index in [1.165, 1.54) is 0 Å². The molecule has 0 radical (unpaired) electrons. The second-order valence-corrected chi connectivity index (χ2v) is 1.92. The first-order valence-electron chi connectivity index (χ1n) is 2.87. The summed E-state index contributed by atoms with van der Waals surface area (Å²) in [5.41, 5.74) is 0. The molecule has 0 aromatic rings. The summed E-state index contributed by atoms with van der Waals surface area (Å²) in [4.78, 5) is 12.3. The van der Waals surface area contributed by atoms with Crippen LogP contribution in [0.5, 0.6) is 0 Å². The largest absolute Gasteiger partial charge is 0.323 e. The molecular weight excluding hydrogens is 118 g/mol. The first-order valence-corrected chi connectivity index (χ1v) is 2.87. The van der Waals surface area contributed by atoms with Crippen molar-refractivity contribution in [2.24, 2.45) is 0 Å². The fourth-order valence-corrected chi connectivity index (χ4v) is 0.766. The van der Waals surface area contributed by atoms with E-state index in [-0.39, 0.29) is 6.03 Å². The standard InChI is InChI=1S/C5H9N3O/c1-2-8-3-4(6)7-5(8)9/h2-3H2,1H3,(H2,6,7,9). The molecule has 1 aliphatic heterocycles. The fourth-order valence-electron chi connectivity index (χ4n) is 0.766. The highest BCUT2D eigenvalue weighted by atomic mass is 16.2. The Morgan fingerprint density at radius 3 is 2.78 bits per heavy atom. The van der Waals surface area contributed by atoms with Crippen LogP contribution in [0.25, 0.3) is 0 Å². The Morgan fingerprint density at radius 1 is 1.89 bits per heavy atom. The van der Waals surface area contributed by atoms with E-state index in [1.807, 2.05) is 6.92 Å². The van der Waals surface area contributed by atoms with Gasteiger partial charge in [0.2, 0.25) is 0 Å². The molecule has 0 unspecified atom stereocenters. The molecule has 9 heavy (non-hydrogen) atoms. The van der Waals surface area contributed by atoms with Crippen molar-refractivity contribution in [2.45, 2.75) is 6.92 Å². The van der Waals surface area contributed by atoms with Crippen molar-refractivity contribution >= 4 is 11.9 Å². The Morgan fingerprint density at radius 2 is 2.56 bits per heavy atom. The van der Waals surface area contributed by atoms with Gasteiger partial charge in [0.05, 0.1) is 6.54 Å². The van der Waals surface area contributed by atoms with Crippen molar-refractivity contribution < 1.29 is 4.79 Å². The molecule has 1 rings (SSSR count). The van der Waals surface area contributed by atoms with Gasteiger partial charge in [-0.15, -0.1) is 0 Å². The third kappa shape index (κ3) is 1.01. The number of amidine groups is 1. The molecule has 0 aliphatic carbocycles. The normalized spacial score (nSPS) is 18.6. The number of nitrogens with zero attached hydrogens (tertiary/aromatic N) is 1. The van der Waals surface area contributed by atoms with Gasteiger partial charge in [0, 0.05) is 6.54 Å². The van der Waals surface area contributed by atoms with Gasteiger partial charge in [-0.25, -0.2) is 4.79 Å². The van der Waals surface area contributed by atoms with Crippen LogP contribution in [-0.4, -0.2) is 29.9 Å². The SMILES string of the molecule is CCN1CC(=N)NC1=O. The number of likely N-dealkylation sites (N-methyl/N-ethyl adjacent to an activating group) is 1. The van der Waals surface area contributed by atoms with Gasteiger partial charge in [-0.1, -0.05) is 0 Å².